The second-order valence-corrected chi connectivity index (χ2v) is 7.62. The van der Waals surface area contributed by atoms with Crippen molar-refractivity contribution in [2.24, 2.45) is 0 Å². The third-order valence-electron chi connectivity index (χ3n) is 4.96. The van der Waals surface area contributed by atoms with Gasteiger partial charge in [0.1, 0.15) is 11.0 Å². The molecule has 0 bridgehead atoms. The molecule has 144 valence electrons. The summed E-state index contributed by atoms with van der Waals surface area (Å²) in [5.41, 5.74) is 1.85. The fraction of sp³-hybridized carbons (Fsp3) is 0.238. The zero-order chi connectivity index (χ0) is 19.7. The van der Waals surface area contributed by atoms with Crippen LogP contribution in [-0.4, -0.2) is 46.9 Å². The lowest BCUT2D eigenvalue weighted by Crippen LogP contribution is -2.48. The third kappa shape index (κ3) is 3.97. The average Bonchev–Trinajstić information content (AvgIpc) is 2.70. The van der Waals surface area contributed by atoms with E-state index < -0.39 is 5.82 Å². The van der Waals surface area contributed by atoms with Gasteiger partial charge in [-0.1, -0.05) is 41.4 Å². The molecule has 0 saturated carbocycles. The second-order valence-electron chi connectivity index (χ2n) is 6.82. The Morgan fingerprint density at radius 3 is 2.57 bits per heavy atom. The third-order valence-corrected chi connectivity index (χ3v) is 5.52. The van der Waals surface area contributed by atoms with Gasteiger partial charge in [0.2, 0.25) is 0 Å². The number of halogens is 3. The normalized spacial score (nSPS) is 15.2. The molecule has 1 aliphatic rings. The van der Waals surface area contributed by atoms with Crippen molar-refractivity contribution in [3.63, 3.8) is 0 Å². The van der Waals surface area contributed by atoms with E-state index in [1.807, 2.05) is 24.3 Å². The SMILES string of the molecule is O=C(c1cc(Cl)ccc1F)N1CCN(Cc2cc3ccccc3nc2Cl)CC1. The number of nitrogens with zero attached hydrogens (tertiary/aromatic N) is 3. The number of pyridine rings is 1. The van der Waals surface area contributed by atoms with Crippen LogP contribution in [0.3, 0.4) is 0 Å². The predicted molar refractivity (Wildman–Crippen MR) is 109 cm³/mol. The predicted octanol–water partition coefficient (Wildman–Crippen LogP) is 4.64. The van der Waals surface area contributed by atoms with E-state index in [0.717, 1.165) is 16.5 Å². The number of piperazine rings is 1. The van der Waals surface area contributed by atoms with Crippen molar-refractivity contribution in [1.29, 1.82) is 0 Å². The van der Waals surface area contributed by atoms with Gasteiger partial charge in [-0.15, -0.1) is 0 Å². The van der Waals surface area contributed by atoms with E-state index in [0.29, 0.717) is 42.9 Å². The molecule has 2 aromatic carbocycles. The van der Waals surface area contributed by atoms with Gasteiger partial charge in [-0.05, 0) is 30.3 Å². The minimum Gasteiger partial charge on any atom is -0.336 e. The monoisotopic (exact) mass is 417 g/mol. The van der Waals surface area contributed by atoms with Crippen LogP contribution in [0.1, 0.15) is 15.9 Å². The Labute approximate surface area is 172 Å². The van der Waals surface area contributed by atoms with Crippen LogP contribution in [0.15, 0.2) is 48.5 Å². The van der Waals surface area contributed by atoms with Crippen molar-refractivity contribution in [1.82, 2.24) is 14.8 Å². The van der Waals surface area contributed by atoms with Crippen LogP contribution in [0.4, 0.5) is 4.39 Å². The van der Waals surface area contributed by atoms with Crippen LogP contribution >= 0.6 is 23.2 Å². The van der Waals surface area contributed by atoms with Crippen LogP contribution in [0.25, 0.3) is 10.9 Å². The zero-order valence-electron chi connectivity index (χ0n) is 15.0. The quantitative estimate of drug-likeness (QED) is 0.582. The molecule has 1 amide bonds. The number of amides is 1. The van der Waals surface area contributed by atoms with Crippen LogP contribution in [0.5, 0.6) is 0 Å². The molecule has 0 atom stereocenters. The van der Waals surface area contributed by atoms with Crippen molar-refractivity contribution in [3.8, 4) is 0 Å². The first kappa shape index (κ1) is 19.1. The van der Waals surface area contributed by atoms with Gasteiger partial charge in [-0.25, -0.2) is 9.37 Å². The number of hydrogen-bond donors (Lipinski definition) is 0. The van der Waals surface area contributed by atoms with Gasteiger partial charge in [0.15, 0.2) is 0 Å². The number of para-hydroxylation sites is 1. The van der Waals surface area contributed by atoms with Gasteiger partial charge in [-0.3, -0.25) is 9.69 Å². The molecule has 28 heavy (non-hydrogen) atoms. The standard InChI is InChI=1S/C21H18Cl2FN3O/c22-16-5-6-18(24)17(12-16)21(28)27-9-7-26(8-10-27)13-15-11-14-3-1-2-4-19(14)25-20(15)23/h1-6,11-12H,7-10,13H2. The molecular weight excluding hydrogens is 400 g/mol. The molecule has 1 aromatic heterocycles. The Morgan fingerprint density at radius 1 is 1.04 bits per heavy atom. The lowest BCUT2D eigenvalue weighted by molar-refractivity contribution is 0.0624. The summed E-state index contributed by atoms with van der Waals surface area (Å²) in [5, 5.41) is 1.90. The molecule has 1 fully saturated rings. The fourth-order valence-corrected chi connectivity index (χ4v) is 3.81. The van der Waals surface area contributed by atoms with Crippen molar-refractivity contribution in [2.45, 2.75) is 6.54 Å². The summed E-state index contributed by atoms with van der Waals surface area (Å²) in [6.07, 6.45) is 0. The Hall–Kier alpha value is -2.21. The highest BCUT2D eigenvalue weighted by atomic mass is 35.5. The van der Waals surface area contributed by atoms with E-state index in [-0.39, 0.29) is 11.5 Å². The molecule has 0 aliphatic carbocycles. The summed E-state index contributed by atoms with van der Waals surface area (Å²) in [4.78, 5) is 21.0. The topological polar surface area (TPSA) is 36.4 Å². The van der Waals surface area contributed by atoms with Gasteiger partial charge in [0.25, 0.3) is 5.91 Å². The largest absolute Gasteiger partial charge is 0.336 e. The van der Waals surface area contributed by atoms with E-state index in [4.69, 9.17) is 23.2 Å². The highest BCUT2D eigenvalue weighted by Crippen LogP contribution is 2.23. The Morgan fingerprint density at radius 2 is 1.79 bits per heavy atom. The second kappa shape index (κ2) is 8.03. The van der Waals surface area contributed by atoms with Crippen molar-refractivity contribution >= 4 is 40.0 Å². The summed E-state index contributed by atoms with van der Waals surface area (Å²) in [6, 6.07) is 14.0. The summed E-state index contributed by atoms with van der Waals surface area (Å²) in [5.74, 6) is -0.879. The maximum Gasteiger partial charge on any atom is 0.256 e. The van der Waals surface area contributed by atoms with Gasteiger partial charge >= 0.3 is 0 Å². The summed E-state index contributed by atoms with van der Waals surface area (Å²) in [6.45, 7) is 3.05. The van der Waals surface area contributed by atoms with Crippen LogP contribution in [-0.2, 0) is 6.54 Å². The van der Waals surface area contributed by atoms with Gasteiger partial charge in [0, 0.05) is 48.7 Å². The van der Waals surface area contributed by atoms with E-state index in [9.17, 15) is 9.18 Å². The Balaban J connectivity index is 1.42. The van der Waals surface area contributed by atoms with Crippen molar-refractivity contribution in [2.75, 3.05) is 26.2 Å². The van der Waals surface area contributed by atoms with E-state index in [2.05, 4.69) is 16.0 Å². The number of hydrogen-bond acceptors (Lipinski definition) is 3. The average molecular weight is 418 g/mol. The molecule has 1 aliphatic heterocycles. The molecule has 0 N–H and O–H groups in total. The number of fused-ring (bicyclic) bond motifs is 1. The number of benzene rings is 2. The van der Waals surface area contributed by atoms with E-state index >= 15 is 0 Å². The Kier molecular flexibility index (Phi) is 5.49. The molecule has 0 unspecified atom stereocenters. The lowest BCUT2D eigenvalue weighted by atomic mass is 10.1. The number of carbonyl (C=O) groups excluding carboxylic acids is 1. The number of aromatic nitrogens is 1. The first-order valence-electron chi connectivity index (χ1n) is 9.02. The molecule has 1 saturated heterocycles. The van der Waals surface area contributed by atoms with Gasteiger partial charge in [0.05, 0.1) is 11.1 Å². The molecule has 4 rings (SSSR count). The number of carbonyl (C=O) groups is 1. The summed E-state index contributed by atoms with van der Waals surface area (Å²) in [7, 11) is 0. The van der Waals surface area contributed by atoms with Crippen LogP contribution in [0.2, 0.25) is 10.2 Å². The molecule has 0 spiro atoms. The minimum atomic E-state index is -0.550. The molecule has 7 heteroatoms. The van der Waals surface area contributed by atoms with E-state index in [1.165, 1.54) is 18.2 Å². The number of rotatable bonds is 3. The smallest absolute Gasteiger partial charge is 0.256 e. The van der Waals surface area contributed by atoms with Crippen LogP contribution in [0, 0.1) is 5.82 Å². The molecule has 0 radical (unpaired) electrons. The van der Waals surface area contributed by atoms with Crippen molar-refractivity contribution in [3.05, 3.63) is 75.7 Å². The highest BCUT2D eigenvalue weighted by molar-refractivity contribution is 6.31. The minimum absolute atomic E-state index is 0.0164. The molecular formula is C21H18Cl2FN3O. The summed E-state index contributed by atoms with van der Waals surface area (Å²) < 4.78 is 14.0. The lowest BCUT2D eigenvalue weighted by Gasteiger charge is -2.35. The zero-order valence-corrected chi connectivity index (χ0v) is 16.5. The maximum absolute atomic E-state index is 14.0. The highest BCUT2D eigenvalue weighted by Gasteiger charge is 2.24. The molecule has 2 heterocycles. The molecule has 4 nitrogen and oxygen atoms in total. The van der Waals surface area contributed by atoms with Crippen LogP contribution < -0.4 is 0 Å². The van der Waals surface area contributed by atoms with Crippen molar-refractivity contribution < 1.29 is 9.18 Å². The molecule has 3 aromatic rings. The first-order chi connectivity index (χ1) is 13.5. The van der Waals surface area contributed by atoms with Gasteiger partial charge in [-0.2, -0.15) is 0 Å². The summed E-state index contributed by atoms with van der Waals surface area (Å²) >= 11 is 12.3. The van der Waals surface area contributed by atoms with E-state index in [1.54, 1.807) is 4.90 Å². The van der Waals surface area contributed by atoms with Gasteiger partial charge < -0.3 is 4.90 Å². The maximum atomic E-state index is 14.0. The first-order valence-corrected chi connectivity index (χ1v) is 9.78. The fourth-order valence-electron chi connectivity index (χ4n) is 3.43. The Bertz CT molecular complexity index is 1040.